The van der Waals surface area contributed by atoms with E-state index in [1.165, 1.54) is 21.5 Å². The maximum atomic E-state index is 12.1. The molecule has 0 heterocycles. The Balaban J connectivity index is 0.000000227. The molecular weight excluding hydrogens is 576 g/mol. The van der Waals surface area contributed by atoms with Gasteiger partial charge in [0, 0.05) is 22.7 Å². The Labute approximate surface area is 262 Å². The molecule has 0 saturated heterocycles. The molecular formula is C38H37NNiOP-. The summed E-state index contributed by atoms with van der Waals surface area (Å²) in [4.78, 5) is 4.57. The first kappa shape index (κ1) is 32.7. The summed E-state index contributed by atoms with van der Waals surface area (Å²) >= 11 is 0. The molecule has 0 aliphatic carbocycles. The Morgan fingerprint density at radius 3 is 1.55 bits per heavy atom. The molecule has 0 amide bonds. The number of aryl methyl sites for hydroxylation is 4. The van der Waals surface area contributed by atoms with Crippen LogP contribution in [0.2, 0.25) is 0 Å². The maximum absolute atomic E-state index is 12.1. The van der Waals surface area contributed by atoms with Crippen molar-refractivity contribution in [3.05, 3.63) is 161 Å². The molecule has 216 valence electrons. The molecule has 4 heteroatoms. The molecule has 0 N–H and O–H groups in total. The first-order valence-electron chi connectivity index (χ1n) is 13.9. The Kier molecular flexibility index (Phi) is 12.5. The molecule has 0 aliphatic heterocycles. The van der Waals surface area contributed by atoms with Crippen LogP contribution in [0, 0.1) is 27.7 Å². The van der Waals surface area contributed by atoms with Crippen molar-refractivity contribution in [2.45, 2.75) is 34.1 Å². The molecule has 0 radical (unpaired) electrons. The van der Waals surface area contributed by atoms with Crippen molar-refractivity contribution in [3.63, 3.8) is 0 Å². The molecule has 0 unspecified atom stereocenters. The molecule has 0 atom stereocenters. The van der Waals surface area contributed by atoms with Gasteiger partial charge in [-0.05, 0) is 80.2 Å². The summed E-state index contributed by atoms with van der Waals surface area (Å²) < 4.78 is 0. The van der Waals surface area contributed by atoms with Crippen LogP contribution in [0.4, 0.5) is 5.69 Å². The van der Waals surface area contributed by atoms with Crippen LogP contribution in [-0.4, -0.2) is 6.21 Å². The number of aliphatic imine (C=N–C) groups is 1. The Bertz CT molecular complexity index is 1500. The number of hydrogen-bond donors (Lipinski definition) is 0. The minimum Gasteiger partial charge on any atom is -0.872 e. The minimum absolute atomic E-state index is 0. The van der Waals surface area contributed by atoms with Crippen LogP contribution in [0.3, 0.4) is 0 Å². The third kappa shape index (κ3) is 8.62. The Morgan fingerprint density at radius 2 is 1.12 bits per heavy atom. The van der Waals surface area contributed by atoms with E-state index in [9.17, 15) is 5.11 Å². The predicted octanol–water partition coefficient (Wildman–Crippen LogP) is 7.92. The monoisotopic (exact) mass is 612 g/mol. The van der Waals surface area contributed by atoms with Gasteiger partial charge in [0.05, 0.1) is 5.69 Å². The smallest absolute Gasteiger partial charge is 0.0688 e. The minimum atomic E-state index is -0.446. The van der Waals surface area contributed by atoms with Gasteiger partial charge in [-0.2, -0.15) is 0 Å². The molecule has 0 aliphatic rings. The van der Waals surface area contributed by atoms with Gasteiger partial charge in [0.15, 0.2) is 0 Å². The van der Waals surface area contributed by atoms with E-state index in [4.69, 9.17) is 0 Å². The van der Waals surface area contributed by atoms with Gasteiger partial charge in [0.25, 0.3) is 0 Å². The molecule has 0 fully saturated rings. The fraction of sp³-hybridized carbons (Fsp3) is 0.132. The molecule has 42 heavy (non-hydrogen) atoms. The van der Waals surface area contributed by atoms with Crippen LogP contribution in [0.25, 0.3) is 0 Å². The molecule has 0 spiro atoms. The van der Waals surface area contributed by atoms with E-state index in [2.05, 4.69) is 115 Å². The zero-order valence-electron chi connectivity index (χ0n) is 24.7. The van der Waals surface area contributed by atoms with Gasteiger partial charge in [0.2, 0.25) is 0 Å². The Hall–Kier alpha value is -3.77. The first-order valence-corrected chi connectivity index (χ1v) is 15.2. The quantitative estimate of drug-likeness (QED) is 0.0796. The summed E-state index contributed by atoms with van der Waals surface area (Å²) in [7, 11) is -0.446. The zero-order chi connectivity index (χ0) is 29.2. The summed E-state index contributed by atoms with van der Waals surface area (Å²) in [5.74, 6) is 0.0490. The second kappa shape index (κ2) is 16.0. The van der Waals surface area contributed by atoms with Gasteiger partial charge >= 0.3 is 0 Å². The van der Waals surface area contributed by atoms with E-state index in [-0.39, 0.29) is 22.2 Å². The zero-order valence-corrected chi connectivity index (χ0v) is 26.5. The van der Waals surface area contributed by atoms with Crippen LogP contribution in [0.1, 0.15) is 33.4 Å². The van der Waals surface area contributed by atoms with Crippen molar-refractivity contribution >= 4 is 35.7 Å². The molecule has 0 aromatic heterocycles. The van der Waals surface area contributed by atoms with Crippen LogP contribution in [0.15, 0.2) is 133 Å². The first-order chi connectivity index (χ1) is 19.9. The molecule has 0 bridgehead atoms. The van der Waals surface area contributed by atoms with Crippen molar-refractivity contribution in [2.24, 2.45) is 4.99 Å². The number of allylic oxidation sites excluding steroid dienone is 1. The number of rotatable bonds is 7. The van der Waals surface area contributed by atoms with Gasteiger partial charge in [-0.15, -0.1) is 6.58 Å². The van der Waals surface area contributed by atoms with Gasteiger partial charge in [0.1, 0.15) is 0 Å². The van der Waals surface area contributed by atoms with Crippen LogP contribution in [-0.2, 0) is 22.9 Å². The third-order valence-corrected chi connectivity index (χ3v) is 9.20. The van der Waals surface area contributed by atoms with E-state index in [0.29, 0.717) is 5.56 Å². The van der Waals surface area contributed by atoms with Crippen molar-refractivity contribution in [2.75, 3.05) is 0 Å². The molecule has 0 saturated carbocycles. The summed E-state index contributed by atoms with van der Waals surface area (Å²) in [5, 5.41) is 16.3. The molecule has 2 nitrogen and oxygen atoms in total. The second-order valence-corrected chi connectivity index (χ2v) is 12.4. The standard InChI is InChI=1S/C20H23NO.C18H15P.Ni/c1-6-7-17-10-14(3)19(15(4)11-17)21-12-18-9-13(2)8-16(5)20(18)22;1-4-10-16(11-5-1)19(17-12-6-2-7-13-17)18-14-8-3-9-15-18;/h6,8-12,22H,1,7H2,2-5H3;1-15H;/p-1. The van der Waals surface area contributed by atoms with Gasteiger partial charge in [-0.3, -0.25) is 4.99 Å². The van der Waals surface area contributed by atoms with Crippen LogP contribution in [0.5, 0.6) is 5.75 Å². The molecule has 5 aromatic carbocycles. The third-order valence-electron chi connectivity index (χ3n) is 6.75. The predicted molar refractivity (Wildman–Crippen MR) is 178 cm³/mol. The van der Waals surface area contributed by atoms with Crippen molar-refractivity contribution in [1.29, 1.82) is 0 Å². The molecule has 5 rings (SSSR count). The van der Waals surface area contributed by atoms with E-state index in [0.717, 1.165) is 34.4 Å². The van der Waals surface area contributed by atoms with E-state index in [1.54, 1.807) is 6.21 Å². The summed E-state index contributed by atoms with van der Waals surface area (Å²) in [6, 6.07) is 40.4. The van der Waals surface area contributed by atoms with Crippen molar-refractivity contribution < 1.29 is 21.6 Å². The van der Waals surface area contributed by atoms with Crippen LogP contribution >= 0.6 is 7.92 Å². The summed E-state index contributed by atoms with van der Waals surface area (Å²) in [5.41, 5.74) is 6.89. The maximum Gasteiger partial charge on any atom is 0.0688 e. The SMILES string of the molecule is C=CCc1cc(C)c(N=Cc2cc(C)cc(C)c2[O-])c(C)c1.[Ni].c1ccc(P(c2ccccc2)c2ccccc2)cc1. The topological polar surface area (TPSA) is 35.4 Å². The van der Waals surface area contributed by atoms with Crippen molar-refractivity contribution in [1.82, 2.24) is 0 Å². The number of hydrogen-bond acceptors (Lipinski definition) is 2. The number of benzene rings is 5. The summed E-state index contributed by atoms with van der Waals surface area (Å²) in [6.07, 6.45) is 4.44. The fourth-order valence-electron chi connectivity index (χ4n) is 4.93. The van der Waals surface area contributed by atoms with Crippen molar-refractivity contribution in [3.8, 4) is 5.75 Å². The van der Waals surface area contributed by atoms with Gasteiger partial charge in [-0.25, -0.2) is 0 Å². The van der Waals surface area contributed by atoms with Gasteiger partial charge < -0.3 is 5.11 Å². The fourth-order valence-corrected chi connectivity index (χ4v) is 7.23. The second-order valence-electron chi connectivity index (χ2n) is 10.2. The largest absolute Gasteiger partial charge is 0.872 e. The average molecular weight is 613 g/mol. The van der Waals surface area contributed by atoms with Gasteiger partial charge in [-0.1, -0.05) is 138 Å². The van der Waals surface area contributed by atoms with E-state index < -0.39 is 7.92 Å². The van der Waals surface area contributed by atoms with Crippen LogP contribution < -0.4 is 21.0 Å². The molecule has 5 aromatic rings. The Morgan fingerprint density at radius 1 is 0.667 bits per heavy atom. The summed E-state index contributed by atoms with van der Waals surface area (Å²) in [6.45, 7) is 11.7. The normalized spacial score (nSPS) is 10.6. The average Bonchev–Trinajstić information content (AvgIpc) is 2.97. The number of nitrogens with zero attached hydrogens (tertiary/aromatic N) is 1. The van der Waals surface area contributed by atoms with E-state index >= 15 is 0 Å². The van der Waals surface area contributed by atoms with E-state index in [1.807, 2.05) is 45.9 Å².